The molecule has 0 fully saturated rings. The Bertz CT molecular complexity index is 908. The predicted molar refractivity (Wildman–Crippen MR) is 106 cm³/mol. The number of carbonyl (C=O) groups excluding carboxylic acids is 2. The Balaban J connectivity index is 2.08. The zero-order valence-electron chi connectivity index (χ0n) is 16.6. The number of hydrogen-bond donors (Lipinski definition) is 1. The van der Waals surface area contributed by atoms with Gasteiger partial charge in [0, 0.05) is 11.8 Å². The van der Waals surface area contributed by atoms with Gasteiger partial charge in [-0.2, -0.15) is 0 Å². The molecule has 0 saturated carbocycles. The Hall–Kier alpha value is -3.62. The number of methoxy groups -OCH3 is 2. The van der Waals surface area contributed by atoms with Crippen molar-refractivity contribution < 1.29 is 28.7 Å². The van der Waals surface area contributed by atoms with Crippen LogP contribution in [0.25, 0.3) is 0 Å². The van der Waals surface area contributed by atoms with Gasteiger partial charge in [0.2, 0.25) is 0 Å². The topological polar surface area (TPSA) is 117 Å². The largest absolute Gasteiger partial charge is 0.493 e. The number of nitro groups is 1. The van der Waals surface area contributed by atoms with Crippen LogP contribution < -0.4 is 14.8 Å². The smallest absolute Gasteiger partial charge is 0.345 e. The summed E-state index contributed by atoms with van der Waals surface area (Å²) in [5, 5.41) is 13.9. The average molecular weight is 402 g/mol. The first kappa shape index (κ1) is 21.7. The van der Waals surface area contributed by atoms with Gasteiger partial charge < -0.3 is 19.5 Å². The summed E-state index contributed by atoms with van der Waals surface area (Å²) in [5.74, 6) is -1.02. The molecule has 2 aromatic rings. The maximum atomic E-state index is 12.3. The van der Waals surface area contributed by atoms with E-state index in [9.17, 15) is 19.7 Å². The number of nitrogens with one attached hydrogen (secondary N) is 1. The SMILES string of the molecule is COc1cc(C(=O)OCC(=O)Nc2ccc(C(C)C)cc2)c([N+](=O)[O-])cc1OC. The molecule has 0 atom stereocenters. The molecule has 0 aliphatic carbocycles. The second-order valence-electron chi connectivity index (χ2n) is 6.38. The van der Waals surface area contributed by atoms with E-state index in [-0.39, 0.29) is 17.1 Å². The van der Waals surface area contributed by atoms with Crippen molar-refractivity contribution in [3.8, 4) is 11.5 Å². The van der Waals surface area contributed by atoms with Crippen molar-refractivity contribution in [1.82, 2.24) is 0 Å². The van der Waals surface area contributed by atoms with Crippen molar-refractivity contribution in [1.29, 1.82) is 0 Å². The van der Waals surface area contributed by atoms with Gasteiger partial charge in [-0.1, -0.05) is 26.0 Å². The zero-order chi connectivity index (χ0) is 21.6. The highest BCUT2D eigenvalue weighted by molar-refractivity contribution is 5.98. The van der Waals surface area contributed by atoms with Crippen LogP contribution in [0.5, 0.6) is 11.5 Å². The van der Waals surface area contributed by atoms with Gasteiger partial charge in [-0.05, 0) is 23.6 Å². The van der Waals surface area contributed by atoms with Gasteiger partial charge in [0.05, 0.1) is 25.2 Å². The molecule has 0 saturated heterocycles. The number of anilines is 1. The number of hydrogen-bond acceptors (Lipinski definition) is 7. The summed E-state index contributed by atoms with van der Waals surface area (Å²) in [6.45, 7) is 3.51. The lowest BCUT2D eigenvalue weighted by Gasteiger charge is -2.11. The van der Waals surface area contributed by atoms with E-state index in [1.165, 1.54) is 14.2 Å². The fourth-order valence-electron chi connectivity index (χ4n) is 2.54. The Kier molecular flexibility index (Phi) is 7.13. The number of carbonyl (C=O) groups is 2. The molecule has 9 nitrogen and oxygen atoms in total. The average Bonchev–Trinajstić information content (AvgIpc) is 2.71. The standard InChI is InChI=1S/C20H22N2O7/c1-12(2)13-5-7-14(8-6-13)21-19(23)11-29-20(24)15-9-17(27-3)18(28-4)10-16(15)22(25)26/h5-10,12H,11H2,1-4H3,(H,21,23). The molecule has 0 bridgehead atoms. The Labute approximate surface area is 167 Å². The van der Waals surface area contributed by atoms with Crippen LogP contribution in [0.4, 0.5) is 11.4 Å². The van der Waals surface area contributed by atoms with Gasteiger partial charge >= 0.3 is 5.97 Å². The van der Waals surface area contributed by atoms with Crippen molar-refractivity contribution in [3.63, 3.8) is 0 Å². The lowest BCUT2D eigenvalue weighted by atomic mass is 10.0. The minimum Gasteiger partial charge on any atom is -0.493 e. The van der Waals surface area contributed by atoms with E-state index in [4.69, 9.17) is 14.2 Å². The zero-order valence-corrected chi connectivity index (χ0v) is 16.6. The lowest BCUT2D eigenvalue weighted by molar-refractivity contribution is -0.385. The predicted octanol–water partition coefficient (Wildman–Crippen LogP) is 3.53. The molecule has 29 heavy (non-hydrogen) atoms. The maximum Gasteiger partial charge on any atom is 0.345 e. The number of amides is 1. The molecule has 1 amide bonds. The number of rotatable bonds is 8. The van der Waals surface area contributed by atoms with Crippen LogP contribution in [0.3, 0.4) is 0 Å². The van der Waals surface area contributed by atoms with E-state index in [1.54, 1.807) is 12.1 Å². The molecule has 0 spiro atoms. The summed E-state index contributed by atoms with van der Waals surface area (Å²) < 4.78 is 15.0. The monoisotopic (exact) mass is 402 g/mol. The molecule has 1 N–H and O–H groups in total. The molecule has 2 rings (SSSR count). The second-order valence-corrected chi connectivity index (χ2v) is 6.38. The molecule has 0 unspecified atom stereocenters. The summed E-state index contributed by atoms with van der Waals surface area (Å²) in [4.78, 5) is 34.9. The van der Waals surface area contributed by atoms with Crippen molar-refractivity contribution in [2.24, 2.45) is 0 Å². The maximum absolute atomic E-state index is 12.3. The van der Waals surface area contributed by atoms with Gasteiger partial charge in [-0.3, -0.25) is 14.9 Å². The first-order chi connectivity index (χ1) is 13.8. The lowest BCUT2D eigenvalue weighted by Crippen LogP contribution is -2.21. The molecule has 0 aliphatic rings. The number of nitrogens with zero attached hydrogens (tertiary/aromatic N) is 1. The summed E-state index contributed by atoms with van der Waals surface area (Å²) in [5.41, 5.74) is 0.807. The van der Waals surface area contributed by atoms with E-state index in [0.717, 1.165) is 17.7 Å². The molecule has 0 aliphatic heterocycles. The minimum atomic E-state index is -1.03. The first-order valence-corrected chi connectivity index (χ1v) is 8.74. The molecule has 9 heteroatoms. The van der Waals surface area contributed by atoms with Crippen molar-refractivity contribution in [2.45, 2.75) is 19.8 Å². The van der Waals surface area contributed by atoms with Crippen LogP contribution in [0, 0.1) is 10.1 Å². The van der Waals surface area contributed by atoms with Crippen molar-refractivity contribution in [3.05, 3.63) is 57.6 Å². The van der Waals surface area contributed by atoms with E-state index in [2.05, 4.69) is 19.2 Å². The third-order valence-electron chi connectivity index (χ3n) is 4.11. The van der Waals surface area contributed by atoms with Crippen LogP contribution in [0.2, 0.25) is 0 Å². The highest BCUT2D eigenvalue weighted by Gasteiger charge is 2.26. The fourth-order valence-corrected chi connectivity index (χ4v) is 2.54. The number of nitro benzene ring substituents is 1. The summed E-state index contributed by atoms with van der Waals surface area (Å²) in [7, 11) is 2.65. The van der Waals surface area contributed by atoms with E-state index in [1.807, 2.05) is 12.1 Å². The van der Waals surface area contributed by atoms with Gasteiger partial charge in [0.25, 0.3) is 11.6 Å². The van der Waals surface area contributed by atoms with Gasteiger partial charge in [0.15, 0.2) is 18.1 Å². The summed E-state index contributed by atoms with van der Waals surface area (Å²) in [6, 6.07) is 9.47. The van der Waals surface area contributed by atoms with Crippen LogP contribution in [-0.2, 0) is 9.53 Å². The molecule has 0 heterocycles. The number of benzene rings is 2. The van der Waals surface area contributed by atoms with Crippen LogP contribution in [-0.4, -0.2) is 37.6 Å². The molecule has 2 aromatic carbocycles. The number of ether oxygens (including phenoxy) is 3. The third kappa shape index (κ3) is 5.44. The van der Waals surface area contributed by atoms with Gasteiger partial charge in [0.1, 0.15) is 5.56 Å². The van der Waals surface area contributed by atoms with Crippen molar-refractivity contribution in [2.75, 3.05) is 26.1 Å². The molecular formula is C20H22N2O7. The molecule has 154 valence electrons. The van der Waals surface area contributed by atoms with Gasteiger partial charge in [-0.25, -0.2) is 4.79 Å². The Morgan fingerprint density at radius 3 is 2.17 bits per heavy atom. The minimum absolute atomic E-state index is 0.0957. The summed E-state index contributed by atoms with van der Waals surface area (Å²) >= 11 is 0. The summed E-state index contributed by atoms with van der Waals surface area (Å²) in [6.07, 6.45) is 0. The third-order valence-corrected chi connectivity index (χ3v) is 4.11. The second kappa shape index (κ2) is 9.54. The normalized spacial score (nSPS) is 10.4. The Morgan fingerprint density at radius 2 is 1.66 bits per heavy atom. The van der Waals surface area contributed by atoms with E-state index >= 15 is 0 Å². The fraction of sp³-hybridized carbons (Fsp3) is 0.300. The quantitative estimate of drug-likeness (QED) is 0.408. The van der Waals surface area contributed by atoms with Crippen LogP contribution >= 0.6 is 0 Å². The van der Waals surface area contributed by atoms with Gasteiger partial charge in [-0.15, -0.1) is 0 Å². The van der Waals surface area contributed by atoms with E-state index in [0.29, 0.717) is 11.6 Å². The van der Waals surface area contributed by atoms with E-state index < -0.39 is 29.1 Å². The highest BCUT2D eigenvalue weighted by atomic mass is 16.6. The number of esters is 1. The van der Waals surface area contributed by atoms with Crippen LogP contribution in [0.1, 0.15) is 35.7 Å². The first-order valence-electron chi connectivity index (χ1n) is 8.74. The Morgan fingerprint density at radius 1 is 1.07 bits per heavy atom. The van der Waals surface area contributed by atoms with Crippen molar-refractivity contribution >= 4 is 23.3 Å². The highest BCUT2D eigenvalue weighted by Crippen LogP contribution is 2.34. The van der Waals surface area contributed by atoms with Crippen LogP contribution in [0.15, 0.2) is 36.4 Å². The molecular weight excluding hydrogens is 380 g/mol. The molecule has 0 radical (unpaired) electrons. The molecule has 0 aromatic heterocycles.